The predicted octanol–water partition coefficient (Wildman–Crippen LogP) is 1.48. The quantitative estimate of drug-likeness (QED) is 0.631. The Kier molecular flexibility index (Phi) is 4.35. The maximum absolute atomic E-state index is 5.59. The number of H-pyrrole nitrogens is 1. The average molecular weight is 260 g/mol. The van der Waals surface area contributed by atoms with Crippen LogP contribution in [0.15, 0.2) is 24.5 Å². The molecule has 5 N–H and O–H groups in total. The summed E-state index contributed by atoms with van der Waals surface area (Å²) >= 11 is 0. The number of hydrogen-bond donors (Lipinski definition) is 4. The van der Waals surface area contributed by atoms with Crippen LogP contribution in [0.4, 0.5) is 11.6 Å². The molecule has 102 valence electrons. The fraction of sp³-hybridized carbons (Fsp3) is 0.385. The van der Waals surface area contributed by atoms with Gasteiger partial charge < -0.3 is 21.4 Å². The van der Waals surface area contributed by atoms with Crippen molar-refractivity contribution >= 4 is 11.6 Å². The molecule has 0 fully saturated rings. The van der Waals surface area contributed by atoms with Gasteiger partial charge in [0.2, 0.25) is 0 Å². The molecule has 0 saturated carbocycles. The van der Waals surface area contributed by atoms with Gasteiger partial charge in [-0.3, -0.25) is 0 Å². The molecule has 0 saturated heterocycles. The maximum atomic E-state index is 5.59. The van der Waals surface area contributed by atoms with E-state index in [4.69, 9.17) is 5.73 Å². The molecule has 0 bridgehead atoms. The fourth-order valence-corrected chi connectivity index (χ4v) is 1.70. The van der Waals surface area contributed by atoms with Crippen LogP contribution < -0.4 is 16.4 Å². The molecule has 0 aliphatic carbocycles. The van der Waals surface area contributed by atoms with Crippen LogP contribution in [0.25, 0.3) is 0 Å². The lowest BCUT2D eigenvalue weighted by atomic mass is 10.3. The summed E-state index contributed by atoms with van der Waals surface area (Å²) in [5, 5.41) is 6.52. The highest BCUT2D eigenvalue weighted by molar-refractivity contribution is 5.48. The van der Waals surface area contributed by atoms with E-state index in [0.29, 0.717) is 6.54 Å². The van der Waals surface area contributed by atoms with Gasteiger partial charge in [-0.05, 0) is 25.5 Å². The second-order valence-electron chi connectivity index (χ2n) is 4.54. The zero-order chi connectivity index (χ0) is 13.7. The number of nitrogens with one attached hydrogen (secondary N) is 3. The molecule has 0 aromatic carbocycles. The molecule has 0 spiro atoms. The lowest BCUT2D eigenvalue weighted by Crippen LogP contribution is -2.25. The first-order valence-electron chi connectivity index (χ1n) is 6.35. The van der Waals surface area contributed by atoms with E-state index >= 15 is 0 Å². The van der Waals surface area contributed by atoms with Gasteiger partial charge in [-0.25, -0.2) is 9.97 Å². The van der Waals surface area contributed by atoms with E-state index in [-0.39, 0.29) is 6.04 Å². The van der Waals surface area contributed by atoms with Crippen LogP contribution in [0.5, 0.6) is 0 Å². The summed E-state index contributed by atoms with van der Waals surface area (Å²) < 4.78 is 0. The summed E-state index contributed by atoms with van der Waals surface area (Å²) in [6, 6.07) is 4.11. The smallest absolute Gasteiger partial charge is 0.132 e. The van der Waals surface area contributed by atoms with E-state index in [2.05, 4.69) is 25.6 Å². The van der Waals surface area contributed by atoms with E-state index in [1.807, 2.05) is 38.4 Å². The Bertz CT molecular complexity index is 508. The third kappa shape index (κ3) is 3.96. The third-order valence-electron chi connectivity index (χ3n) is 2.72. The highest BCUT2D eigenvalue weighted by Crippen LogP contribution is 2.13. The monoisotopic (exact) mass is 260 g/mol. The molecule has 0 aliphatic rings. The van der Waals surface area contributed by atoms with E-state index in [9.17, 15) is 0 Å². The summed E-state index contributed by atoms with van der Waals surface area (Å²) in [5.74, 6) is 2.33. The van der Waals surface area contributed by atoms with Crippen LogP contribution in [0.1, 0.15) is 18.3 Å². The predicted molar refractivity (Wildman–Crippen MR) is 77.0 cm³/mol. The first-order valence-corrected chi connectivity index (χ1v) is 6.35. The van der Waals surface area contributed by atoms with Gasteiger partial charge in [-0.15, -0.1) is 0 Å². The molecule has 2 aromatic rings. The Morgan fingerprint density at radius 2 is 2.16 bits per heavy atom. The Morgan fingerprint density at radius 3 is 2.84 bits per heavy atom. The number of nitrogens with zero attached hydrogens (tertiary/aromatic N) is 2. The number of anilines is 2. The highest BCUT2D eigenvalue weighted by Gasteiger charge is 2.04. The fourth-order valence-electron chi connectivity index (χ4n) is 1.70. The molecular weight excluding hydrogens is 240 g/mol. The van der Waals surface area contributed by atoms with Gasteiger partial charge in [-0.1, -0.05) is 0 Å². The first kappa shape index (κ1) is 13.4. The van der Waals surface area contributed by atoms with Crippen LogP contribution in [-0.2, 0) is 6.54 Å². The van der Waals surface area contributed by atoms with Gasteiger partial charge in [0.25, 0.3) is 0 Å². The molecule has 1 unspecified atom stereocenters. The van der Waals surface area contributed by atoms with Gasteiger partial charge in [0, 0.05) is 37.6 Å². The van der Waals surface area contributed by atoms with Crippen molar-refractivity contribution in [3.63, 3.8) is 0 Å². The Morgan fingerprint density at radius 1 is 1.37 bits per heavy atom. The largest absolute Gasteiger partial charge is 0.367 e. The molecule has 0 radical (unpaired) electrons. The number of nitrogens with two attached hydrogens (primary N) is 1. The molecule has 6 nitrogen and oxygen atoms in total. The summed E-state index contributed by atoms with van der Waals surface area (Å²) in [7, 11) is 0. The molecule has 0 amide bonds. The minimum atomic E-state index is 0.187. The molecule has 1 atom stereocenters. The minimum Gasteiger partial charge on any atom is -0.367 e. The van der Waals surface area contributed by atoms with Crippen LogP contribution in [0, 0.1) is 6.92 Å². The molecule has 2 rings (SSSR count). The summed E-state index contributed by atoms with van der Waals surface area (Å²) in [6.45, 7) is 5.19. The maximum Gasteiger partial charge on any atom is 0.132 e. The van der Waals surface area contributed by atoms with Crippen molar-refractivity contribution in [2.75, 3.05) is 17.2 Å². The topological polar surface area (TPSA) is 91.7 Å². The number of hydrogen-bond acceptors (Lipinski definition) is 5. The average Bonchev–Trinajstić information content (AvgIpc) is 2.88. The van der Waals surface area contributed by atoms with Crippen LogP contribution in [0.3, 0.4) is 0 Å². The standard InChI is InChI=1S/C13H20N6/c1-9(6-14)17-13-5-12(18-10(2)19-13)16-8-11-3-4-15-7-11/h3-5,7,9,15H,6,8,14H2,1-2H3,(H2,16,17,18,19). The van der Waals surface area contributed by atoms with E-state index in [0.717, 1.165) is 24.0 Å². The van der Waals surface area contributed by atoms with Crippen molar-refractivity contribution in [3.8, 4) is 0 Å². The molecule has 2 aromatic heterocycles. The third-order valence-corrected chi connectivity index (χ3v) is 2.72. The van der Waals surface area contributed by atoms with Crippen LogP contribution in [-0.4, -0.2) is 27.5 Å². The second kappa shape index (κ2) is 6.19. The Hall–Kier alpha value is -2.08. The SMILES string of the molecule is Cc1nc(NCc2cc[nH]c2)cc(NC(C)CN)n1. The number of aryl methyl sites for hydroxylation is 1. The zero-order valence-corrected chi connectivity index (χ0v) is 11.3. The lowest BCUT2D eigenvalue weighted by molar-refractivity contribution is 0.795. The van der Waals surface area contributed by atoms with Crippen molar-refractivity contribution in [1.82, 2.24) is 15.0 Å². The molecule has 6 heteroatoms. The Labute approximate surface area is 112 Å². The van der Waals surface area contributed by atoms with Crippen molar-refractivity contribution in [2.24, 2.45) is 5.73 Å². The van der Waals surface area contributed by atoms with Crippen molar-refractivity contribution in [2.45, 2.75) is 26.4 Å². The van der Waals surface area contributed by atoms with E-state index < -0.39 is 0 Å². The summed E-state index contributed by atoms with van der Waals surface area (Å²) in [6.07, 6.45) is 3.86. The van der Waals surface area contributed by atoms with Gasteiger partial charge in [-0.2, -0.15) is 0 Å². The molecule has 2 heterocycles. The number of rotatable bonds is 6. The zero-order valence-electron chi connectivity index (χ0n) is 11.3. The van der Waals surface area contributed by atoms with E-state index in [1.54, 1.807) is 0 Å². The summed E-state index contributed by atoms with van der Waals surface area (Å²) in [4.78, 5) is 11.7. The normalized spacial score (nSPS) is 12.2. The lowest BCUT2D eigenvalue weighted by Gasteiger charge is -2.13. The van der Waals surface area contributed by atoms with Crippen molar-refractivity contribution in [1.29, 1.82) is 0 Å². The minimum absolute atomic E-state index is 0.187. The van der Waals surface area contributed by atoms with Crippen molar-refractivity contribution in [3.05, 3.63) is 35.9 Å². The van der Waals surface area contributed by atoms with Gasteiger partial charge in [0.15, 0.2) is 0 Å². The molecular formula is C13H20N6. The van der Waals surface area contributed by atoms with Gasteiger partial charge in [0.05, 0.1) is 0 Å². The Balaban J connectivity index is 2.03. The van der Waals surface area contributed by atoms with Crippen LogP contribution in [0.2, 0.25) is 0 Å². The molecule has 0 aliphatic heterocycles. The highest BCUT2D eigenvalue weighted by atomic mass is 15.1. The number of aromatic nitrogens is 3. The molecule has 19 heavy (non-hydrogen) atoms. The number of aromatic amines is 1. The van der Waals surface area contributed by atoms with Gasteiger partial charge >= 0.3 is 0 Å². The first-order chi connectivity index (χ1) is 9.17. The van der Waals surface area contributed by atoms with E-state index in [1.165, 1.54) is 5.56 Å². The summed E-state index contributed by atoms with van der Waals surface area (Å²) in [5.41, 5.74) is 6.78. The second-order valence-corrected chi connectivity index (χ2v) is 4.54. The van der Waals surface area contributed by atoms with Crippen molar-refractivity contribution < 1.29 is 0 Å². The van der Waals surface area contributed by atoms with Gasteiger partial charge in [0.1, 0.15) is 17.5 Å². The van der Waals surface area contributed by atoms with Crippen LogP contribution >= 0.6 is 0 Å².